The molecule has 0 fully saturated rings. The van der Waals surface area contributed by atoms with Crippen LogP contribution in [-0.4, -0.2) is 18.5 Å². The number of amides is 1. The van der Waals surface area contributed by atoms with Gasteiger partial charge in [0, 0.05) is 10.6 Å². The van der Waals surface area contributed by atoms with E-state index in [0.717, 1.165) is 19.3 Å². The number of nitrogens with one attached hydrogen (secondary N) is 1. The molecular weight excluding hydrogens is 329 g/mol. The van der Waals surface area contributed by atoms with Crippen LogP contribution in [0.2, 0.25) is 0 Å². The van der Waals surface area contributed by atoms with Crippen molar-refractivity contribution in [2.24, 2.45) is 5.92 Å². The van der Waals surface area contributed by atoms with Crippen molar-refractivity contribution >= 4 is 28.9 Å². The summed E-state index contributed by atoms with van der Waals surface area (Å²) in [5, 5.41) is 2.55. The van der Waals surface area contributed by atoms with Gasteiger partial charge in [-0.15, -0.1) is 11.3 Å². The van der Waals surface area contributed by atoms with Crippen LogP contribution in [0.4, 0.5) is 10.1 Å². The smallest absolute Gasteiger partial charge is 0.348 e. The maximum atomic E-state index is 12.8. The van der Waals surface area contributed by atoms with Crippen LogP contribution < -0.4 is 5.32 Å². The van der Waals surface area contributed by atoms with Gasteiger partial charge < -0.3 is 10.1 Å². The van der Waals surface area contributed by atoms with Crippen molar-refractivity contribution in [3.63, 3.8) is 0 Å². The van der Waals surface area contributed by atoms with E-state index in [1.165, 1.54) is 46.0 Å². The molecule has 0 saturated carbocycles. The molecule has 6 heteroatoms. The van der Waals surface area contributed by atoms with Crippen LogP contribution in [0.15, 0.2) is 30.3 Å². The quantitative estimate of drug-likeness (QED) is 0.856. The third-order valence-corrected chi connectivity index (χ3v) is 5.21. The van der Waals surface area contributed by atoms with Crippen molar-refractivity contribution in [2.45, 2.75) is 26.2 Å². The molecule has 3 rings (SSSR count). The lowest BCUT2D eigenvalue weighted by Gasteiger charge is -2.16. The molecule has 1 heterocycles. The second-order valence-electron chi connectivity index (χ2n) is 6.04. The lowest BCUT2D eigenvalue weighted by Crippen LogP contribution is -2.20. The number of esters is 1. The first-order chi connectivity index (χ1) is 11.5. The summed E-state index contributed by atoms with van der Waals surface area (Å²) < 4.78 is 17.9. The molecule has 1 aliphatic rings. The highest BCUT2D eigenvalue weighted by molar-refractivity contribution is 7.14. The summed E-state index contributed by atoms with van der Waals surface area (Å²) in [6.07, 6.45) is 3.13. The Kier molecular flexibility index (Phi) is 4.94. The summed E-state index contributed by atoms with van der Waals surface area (Å²) in [5.74, 6) is -0.672. The Morgan fingerprint density at radius 2 is 2.08 bits per heavy atom. The van der Waals surface area contributed by atoms with Crippen molar-refractivity contribution in [1.82, 2.24) is 0 Å². The molecule has 4 nitrogen and oxygen atoms in total. The maximum absolute atomic E-state index is 12.8. The van der Waals surface area contributed by atoms with Crippen LogP contribution in [0, 0.1) is 11.7 Å². The molecule has 0 saturated heterocycles. The van der Waals surface area contributed by atoms with E-state index in [1.807, 2.05) is 6.07 Å². The van der Waals surface area contributed by atoms with Gasteiger partial charge in [0.05, 0.1) is 0 Å². The van der Waals surface area contributed by atoms with E-state index in [-0.39, 0.29) is 12.4 Å². The molecule has 126 valence electrons. The third-order valence-electron chi connectivity index (χ3n) is 3.99. The molecule has 1 aromatic carbocycles. The number of fused-ring (bicyclic) bond motifs is 1. The van der Waals surface area contributed by atoms with Crippen LogP contribution in [0.3, 0.4) is 0 Å². The standard InChI is InChI=1S/C18H18FNO3S/c1-11-2-7-15-12(8-11)9-16(24-15)18(22)23-10-17(21)20-14-5-3-13(19)4-6-14/h3-6,9,11H,2,7-8,10H2,1H3,(H,20,21)/t11-/m1/s1. The Hall–Kier alpha value is -2.21. The van der Waals surface area contributed by atoms with Crippen LogP contribution in [-0.2, 0) is 22.4 Å². The first-order valence-corrected chi connectivity index (χ1v) is 8.67. The summed E-state index contributed by atoms with van der Waals surface area (Å²) in [7, 11) is 0. The molecule has 0 spiro atoms. The predicted molar refractivity (Wildman–Crippen MR) is 90.8 cm³/mol. The van der Waals surface area contributed by atoms with Gasteiger partial charge in [-0.05, 0) is 61.1 Å². The SMILES string of the molecule is C[C@@H]1CCc2sc(C(=O)OCC(=O)Nc3ccc(F)cc3)cc2C1. The van der Waals surface area contributed by atoms with Crippen molar-refractivity contribution < 1.29 is 18.7 Å². The Labute approximate surface area is 143 Å². The van der Waals surface area contributed by atoms with Crippen LogP contribution in [0.5, 0.6) is 0 Å². The number of carbonyl (C=O) groups excluding carboxylic acids is 2. The van der Waals surface area contributed by atoms with Crippen LogP contribution >= 0.6 is 11.3 Å². The Bertz CT molecular complexity index is 754. The molecule has 1 amide bonds. The van der Waals surface area contributed by atoms with Crippen molar-refractivity contribution in [3.8, 4) is 0 Å². The fourth-order valence-electron chi connectivity index (χ4n) is 2.74. The number of anilines is 1. The highest BCUT2D eigenvalue weighted by Crippen LogP contribution is 2.32. The molecule has 1 N–H and O–H groups in total. The zero-order chi connectivity index (χ0) is 17.1. The lowest BCUT2D eigenvalue weighted by molar-refractivity contribution is -0.119. The van der Waals surface area contributed by atoms with Crippen molar-refractivity contribution in [2.75, 3.05) is 11.9 Å². The number of halogens is 1. The topological polar surface area (TPSA) is 55.4 Å². The molecule has 0 aliphatic heterocycles. The number of benzene rings is 1. The first kappa shape index (κ1) is 16.6. The summed E-state index contributed by atoms with van der Waals surface area (Å²) in [4.78, 5) is 25.7. The van der Waals surface area contributed by atoms with Gasteiger partial charge in [0.1, 0.15) is 10.7 Å². The van der Waals surface area contributed by atoms with Crippen LogP contribution in [0.1, 0.15) is 33.5 Å². The molecule has 1 aromatic heterocycles. The van der Waals surface area contributed by atoms with E-state index in [4.69, 9.17) is 4.74 Å². The Morgan fingerprint density at radius 3 is 2.83 bits per heavy atom. The van der Waals surface area contributed by atoms with E-state index in [1.54, 1.807) is 0 Å². The van der Waals surface area contributed by atoms with Crippen LogP contribution in [0.25, 0.3) is 0 Å². The van der Waals surface area contributed by atoms with Gasteiger partial charge in [0.2, 0.25) is 0 Å². The summed E-state index contributed by atoms with van der Waals surface area (Å²) in [5.41, 5.74) is 1.68. The minimum absolute atomic E-state index is 0.366. The zero-order valence-corrected chi connectivity index (χ0v) is 14.1. The molecule has 0 unspecified atom stereocenters. The fraction of sp³-hybridized carbons (Fsp3) is 0.333. The lowest BCUT2D eigenvalue weighted by atomic mass is 9.90. The van der Waals surface area contributed by atoms with E-state index < -0.39 is 11.9 Å². The van der Waals surface area contributed by atoms with E-state index in [0.29, 0.717) is 16.5 Å². The van der Waals surface area contributed by atoms with Gasteiger partial charge in [-0.25, -0.2) is 9.18 Å². The average Bonchev–Trinajstić information content (AvgIpc) is 2.98. The van der Waals surface area contributed by atoms with Gasteiger partial charge in [0.25, 0.3) is 5.91 Å². The molecule has 24 heavy (non-hydrogen) atoms. The molecule has 1 aliphatic carbocycles. The van der Waals surface area contributed by atoms with Gasteiger partial charge in [0.15, 0.2) is 6.61 Å². The van der Waals surface area contributed by atoms with Crippen molar-refractivity contribution in [1.29, 1.82) is 0 Å². The molecule has 0 bridgehead atoms. The number of rotatable bonds is 4. The molecule has 2 aromatic rings. The van der Waals surface area contributed by atoms with E-state index in [2.05, 4.69) is 12.2 Å². The highest BCUT2D eigenvalue weighted by atomic mass is 32.1. The van der Waals surface area contributed by atoms with Gasteiger partial charge in [-0.2, -0.15) is 0 Å². The second kappa shape index (κ2) is 7.13. The van der Waals surface area contributed by atoms with E-state index >= 15 is 0 Å². The van der Waals surface area contributed by atoms with Gasteiger partial charge in [-0.1, -0.05) is 6.92 Å². The fourth-order valence-corrected chi connectivity index (χ4v) is 3.84. The Morgan fingerprint density at radius 1 is 1.33 bits per heavy atom. The largest absolute Gasteiger partial charge is 0.451 e. The minimum Gasteiger partial charge on any atom is -0.451 e. The first-order valence-electron chi connectivity index (χ1n) is 7.85. The second-order valence-corrected chi connectivity index (χ2v) is 7.17. The number of thiophene rings is 1. The summed E-state index contributed by atoms with van der Waals surface area (Å²) in [6.45, 7) is 1.84. The summed E-state index contributed by atoms with van der Waals surface area (Å²) in [6, 6.07) is 7.28. The van der Waals surface area contributed by atoms with E-state index in [9.17, 15) is 14.0 Å². The number of ether oxygens (including phenoxy) is 1. The normalized spacial score (nSPS) is 16.3. The number of hydrogen-bond acceptors (Lipinski definition) is 4. The monoisotopic (exact) mass is 347 g/mol. The molecular formula is C18H18FNO3S. The maximum Gasteiger partial charge on any atom is 0.348 e. The number of hydrogen-bond donors (Lipinski definition) is 1. The zero-order valence-electron chi connectivity index (χ0n) is 13.3. The predicted octanol–water partition coefficient (Wildman–Crippen LogP) is 3.81. The average molecular weight is 347 g/mol. The minimum atomic E-state index is -0.476. The Balaban J connectivity index is 1.53. The third kappa shape index (κ3) is 4.00. The molecule has 1 atom stereocenters. The summed E-state index contributed by atoms with van der Waals surface area (Å²) >= 11 is 1.45. The number of carbonyl (C=O) groups is 2. The van der Waals surface area contributed by atoms with Gasteiger partial charge >= 0.3 is 5.97 Å². The molecule has 0 radical (unpaired) electrons. The van der Waals surface area contributed by atoms with Crippen molar-refractivity contribution in [3.05, 3.63) is 51.5 Å². The van der Waals surface area contributed by atoms with Gasteiger partial charge in [-0.3, -0.25) is 4.79 Å². The highest BCUT2D eigenvalue weighted by Gasteiger charge is 2.21. The number of aryl methyl sites for hydroxylation is 1.